The van der Waals surface area contributed by atoms with Crippen molar-refractivity contribution in [1.82, 2.24) is 9.88 Å². The van der Waals surface area contributed by atoms with Gasteiger partial charge >= 0.3 is 12.0 Å². The molecule has 1 aliphatic rings. The fraction of sp³-hybridized carbons (Fsp3) is 0.500. The van der Waals surface area contributed by atoms with E-state index in [4.69, 9.17) is 9.84 Å². The van der Waals surface area contributed by atoms with Gasteiger partial charge in [-0.2, -0.15) is 0 Å². The zero-order valence-electron chi connectivity index (χ0n) is 10.00. The molecular formula is C10H12BrN3O4S. The molecule has 2 amide bonds. The first-order valence-electron chi connectivity index (χ1n) is 5.45. The maximum absolute atomic E-state index is 12.0. The standard InChI is InChI=1S/C10H12BrN3O4S/c1-18-5-2-6(8(15)16)14(4-5)10(17)13-9-12-3-7(11)19-9/h3,5-6H,2,4H2,1H3,(H,15,16)(H,12,13,17). The first kappa shape index (κ1) is 14.2. The lowest BCUT2D eigenvalue weighted by Crippen LogP contribution is -2.43. The molecule has 1 fully saturated rings. The fourth-order valence-electron chi connectivity index (χ4n) is 1.90. The number of carboxylic acid groups (broad SMARTS) is 1. The number of halogens is 1. The Morgan fingerprint density at radius 1 is 1.68 bits per heavy atom. The number of amides is 2. The zero-order chi connectivity index (χ0) is 14.0. The number of nitrogens with zero attached hydrogens (tertiary/aromatic N) is 2. The molecule has 2 heterocycles. The van der Waals surface area contributed by atoms with Crippen LogP contribution in [0.15, 0.2) is 9.98 Å². The number of aliphatic carboxylic acids is 1. The lowest BCUT2D eigenvalue weighted by molar-refractivity contribution is -0.141. The number of carboxylic acids is 1. The van der Waals surface area contributed by atoms with E-state index in [1.165, 1.54) is 23.3 Å². The molecule has 1 aliphatic heterocycles. The molecule has 0 aliphatic carbocycles. The highest BCUT2D eigenvalue weighted by Gasteiger charge is 2.40. The van der Waals surface area contributed by atoms with E-state index in [-0.39, 0.29) is 12.6 Å². The Labute approximate surface area is 121 Å². The third-order valence-corrected chi connectivity index (χ3v) is 4.22. The second-order valence-electron chi connectivity index (χ2n) is 4.00. The van der Waals surface area contributed by atoms with Gasteiger partial charge in [0.05, 0.1) is 16.1 Å². The Morgan fingerprint density at radius 3 is 2.95 bits per heavy atom. The number of rotatable bonds is 3. The summed E-state index contributed by atoms with van der Waals surface area (Å²) >= 11 is 4.50. The number of carbonyl (C=O) groups excluding carboxylic acids is 1. The van der Waals surface area contributed by atoms with Gasteiger partial charge in [0.15, 0.2) is 5.13 Å². The minimum Gasteiger partial charge on any atom is -0.480 e. The third-order valence-electron chi connectivity index (χ3n) is 2.83. The van der Waals surface area contributed by atoms with E-state index in [1.54, 1.807) is 6.20 Å². The maximum Gasteiger partial charge on any atom is 0.326 e. The molecule has 1 aromatic heterocycles. The molecule has 2 rings (SSSR count). The molecule has 0 saturated carbocycles. The normalized spacial score (nSPS) is 22.5. The molecule has 0 aromatic carbocycles. The Bertz CT molecular complexity index is 495. The first-order valence-corrected chi connectivity index (χ1v) is 7.06. The number of urea groups is 1. The van der Waals surface area contributed by atoms with Crippen LogP contribution in [0.4, 0.5) is 9.93 Å². The van der Waals surface area contributed by atoms with Gasteiger partial charge in [0.25, 0.3) is 0 Å². The molecule has 2 atom stereocenters. The van der Waals surface area contributed by atoms with E-state index in [1.807, 2.05) is 0 Å². The monoisotopic (exact) mass is 349 g/mol. The number of likely N-dealkylation sites (tertiary alicyclic amines) is 1. The Morgan fingerprint density at radius 2 is 2.42 bits per heavy atom. The van der Waals surface area contributed by atoms with E-state index in [2.05, 4.69) is 26.2 Å². The summed E-state index contributed by atoms with van der Waals surface area (Å²) in [6, 6.07) is -1.35. The lowest BCUT2D eigenvalue weighted by atomic mass is 10.2. The molecular weight excluding hydrogens is 338 g/mol. The van der Waals surface area contributed by atoms with Crippen LogP contribution in [0.5, 0.6) is 0 Å². The van der Waals surface area contributed by atoms with E-state index in [0.717, 1.165) is 3.79 Å². The number of nitrogens with one attached hydrogen (secondary N) is 1. The Kier molecular flexibility index (Phi) is 4.38. The van der Waals surface area contributed by atoms with E-state index >= 15 is 0 Å². The highest BCUT2D eigenvalue weighted by molar-refractivity contribution is 9.11. The molecule has 19 heavy (non-hydrogen) atoms. The summed E-state index contributed by atoms with van der Waals surface area (Å²) in [4.78, 5) is 28.4. The molecule has 0 spiro atoms. The predicted molar refractivity (Wildman–Crippen MR) is 72.4 cm³/mol. The van der Waals surface area contributed by atoms with Gasteiger partial charge in [0, 0.05) is 20.1 Å². The minimum atomic E-state index is -1.03. The molecule has 1 saturated heterocycles. The van der Waals surface area contributed by atoms with E-state index < -0.39 is 18.0 Å². The molecule has 7 nitrogen and oxygen atoms in total. The molecule has 0 radical (unpaired) electrons. The van der Waals surface area contributed by atoms with Crippen molar-refractivity contribution in [2.24, 2.45) is 0 Å². The summed E-state index contributed by atoms with van der Waals surface area (Å²) in [6.07, 6.45) is 1.60. The maximum atomic E-state index is 12.0. The Balaban J connectivity index is 2.06. The topological polar surface area (TPSA) is 91.8 Å². The summed E-state index contributed by atoms with van der Waals surface area (Å²) in [5.74, 6) is -1.03. The van der Waals surface area contributed by atoms with Crippen LogP contribution in [-0.2, 0) is 9.53 Å². The van der Waals surface area contributed by atoms with Gasteiger partial charge in [0.2, 0.25) is 0 Å². The van der Waals surface area contributed by atoms with Crippen LogP contribution in [-0.4, -0.2) is 52.8 Å². The molecule has 0 bridgehead atoms. The fourth-order valence-corrected chi connectivity index (χ4v) is 3.00. The van der Waals surface area contributed by atoms with Gasteiger partial charge < -0.3 is 14.7 Å². The van der Waals surface area contributed by atoms with Gasteiger partial charge in [-0.15, -0.1) is 0 Å². The summed E-state index contributed by atoms with van der Waals surface area (Å²) < 4.78 is 5.91. The van der Waals surface area contributed by atoms with Crippen LogP contribution in [0, 0.1) is 0 Å². The number of aromatic nitrogens is 1. The van der Waals surface area contributed by atoms with Crippen molar-refractivity contribution in [2.75, 3.05) is 19.0 Å². The number of anilines is 1. The molecule has 2 unspecified atom stereocenters. The second kappa shape index (κ2) is 5.85. The lowest BCUT2D eigenvalue weighted by Gasteiger charge is -2.20. The highest BCUT2D eigenvalue weighted by atomic mass is 79.9. The molecule has 9 heteroatoms. The average Bonchev–Trinajstić information content (AvgIpc) is 2.95. The van der Waals surface area contributed by atoms with Crippen molar-refractivity contribution < 1.29 is 19.4 Å². The zero-order valence-corrected chi connectivity index (χ0v) is 12.4. The summed E-state index contributed by atoms with van der Waals surface area (Å²) in [7, 11) is 1.50. The quantitative estimate of drug-likeness (QED) is 0.864. The van der Waals surface area contributed by atoms with Crippen molar-refractivity contribution in [3.63, 3.8) is 0 Å². The van der Waals surface area contributed by atoms with Crippen LogP contribution < -0.4 is 5.32 Å². The van der Waals surface area contributed by atoms with Crippen LogP contribution >= 0.6 is 27.3 Å². The number of hydrogen-bond donors (Lipinski definition) is 2. The van der Waals surface area contributed by atoms with Crippen LogP contribution in [0.25, 0.3) is 0 Å². The van der Waals surface area contributed by atoms with Crippen molar-refractivity contribution in [3.8, 4) is 0 Å². The number of methoxy groups -OCH3 is 1. The van der Waals surface area contributed by atoms with Crippen LogP contribution in [0.1, 0.15) is 6.42 Å². The van der Waals surface area contributed by atoms with Gasteiger partial charge in [-0.1, -0.05) is 11.3 Å². The number of carbonyl (C=O) groups is 2. The van der Waals surface area contributed by atoms with Gasteiger partial charge in [-0.3, -0.25) is 5.32 Å². The summed E-state index contributed by atoms with van der Waals surface area (Å²) in [5.41, 5.74) is 0. The number of thiazole rings is 1. The van der Waals surface area contributed by atoms with Crippen molar-refractivity contribution in [1.29, 1.82) is 0 Å². The van der Waals surface area contributed by atoms with Crippen LogP contribution in [0.2, 0.25) is 0 Å². The number of ether oxygens (including phenoxy) is 1. The van der Waals surface area contributed by atoms with Crippen molar-refractivity contribution in [3.05, 3.63) is 9.98 Å². The average molecular weight is 350 g/mol. The molecule has 1 aromatic rings. The summed E-state index contributed by atoms with van der Waals surface area (Å²) in [5, 5.41) is 12.1. The van der Waals surface area contributed by atoms with Crippen LogP contribution in [0.3, 0.4) is 0 Å². The first-order chi connectivity index (χ1) is 9.01. The largest absolute Gasteiger partial charge is 0.480 e. The minimum absolute atomic E-state index is 0.255. The van der Waals surface area contributed by atoms with Gasteiger partial charge in [0.1, 0.15) is 6.04 Å². The predicted octanol–water partition coefficient (Wildman–Crippen LogP) is 1.61. The van der Waals surface area contributed by atoms with E-state index in [0.29, 0.717) is 11.6 Å². The van der Waals surface area contributed by atoms with Crippen molar-refractivity contribution >= 4 is 44.4 Å². The second-order valence-corrected chi connectivity index (χ2v) is 6.41. The third kappa shape index (κ3) is 3.23. The smallest absolute Gasteiger partial charge is 0.326 e. The summed E-state index contributed by atoms with van der Waals surface area (Å²) in [6.45, 7) is 0.256. The van der Waals surface area contributed by atoms with Gasteiger partial charge in [-0.05, 0) is 15.9 Å². The molecule has 2 N–H and O–H groups in total. The number of hydrogen-bond acceptors (Lipinski definition) is 5. The Hall–Kier alpha value is -1.19. The van der Waals surface area contributed by atoms with Gasteiger partial charge in [-0.25, -0.2) is 14.6 Å². The SMILES string of the molecule is COC1CC(C(=O)O)N(C(=O)Nc2ncc(Br)s2)C1. The van der Waals surface area contributed by atoms with E-state index in [9.17, 15) is 9.59 Å². The molecule has 104 valence electrons. The van der Waals surface area contributed by atoms with Crippen molar-refractivity contribution in [2.45, 2.75) is 18.6 Å². The highest BCUT2D eigenvalue weighted by Crippen LogP contribution is 2.25.